The molecular weight excluding hydrogens is 256 g/mol. The van der Waals surface area contributed by atoms with Crippen LogP contribution in [0.25, 0.3) is 0 Å². The van der Waals surface area contributed by atoms with Crippen molar-refractivity contribution in [3.8, 4) is 5.88 Å². The van der Waals surface area contributed by atoms with Crippen LogP contribution in [0.3, 0.4) is 0 Å². The second-order valence-corrected chi connectivity index (χ2v) is 4.87. The third-order valence-corrected chi connectivity index (χ3v) is 3.04. The van der Waals surface area contributed by atoms with Gasteiger partial charge in [0.2, 0.25) is 5.88 Å². The molecule has 0 spiro atoms. The van der Waals surface area contributed by atoms with Gasteiger partial charge in [-0.1, -0.05) is 20.3 Å². The fraction of sp³-hybridized carbons (Fsp3) is 0.600. The quantitative estimate of drug-likeness (QED) is 0.795. The van der Waals surface area contributed by atoms with Gasteiger partial charge in [0.1, 0.15) is 5.60 Å². The molecule has 0 radical (unpaired) electrons. The topological polar surface area (TPSA) is 60.5 Å². The zero-order valence-corrected chi connectivity index (χ0v) is 12.7. The van der Waals surface area contributed by atoms with Crippen LogP contribution in [-0.4, -0.2) is 30.2 Å². The molecule has 0 aliphatic carbocycles. The summed E-state index contributed by atoms with van der Waals surface area (Å²) < 4.78 is 10.7. The number of nitrogens with zero attached hydrogens (tertiary/aromatic N) is 1. The molecule has 0 saturated carbocycles. The number of methoxy groups -OCH3 is 1. The summed E-state index contributed by atoms with van der Waals surface area (Å²) in [4.78, 5) is 16.5. The van der Waals surface area contributed by atoms with Gasteiger partial charge >= 0.3 is 0 Å². The number of anilines is 1. The molecule has 1 rings (SSSR count). The van der Waals surface area contributed by atoms with Gasteiger partial charge in [-0.2, -0.15) is 0 Å². The first kappa shape index (κ1) is 16.4. The van der Waals surface area contributed by atoms with Crippen LogP contribution in [-0.2, 0) is 9.53 Å². The van der Waals surface area contributed by atoms with E-state index in [0.717, 1.165) is 12.8 Å². The number of amides is 1. The van der Waals surface area contributed by atoms with Crippen LogP contribution in [0, 0.1) is 0 Å². The minimum Gasteiger partial charge on any atom is -0.481 e. The summed E-state index contributed by atoms with van der Waals surface area (Å²) in [6.45, 7) is 6.47. The van der Waals surface area contributed by atoms with Gasteiger partial charge < -0.3 is 14.8 Å². The maximum atomic E-state index is 12.4. The van der Waals surface area contributed by atoms with E-state index >= 15 is 0 Å². The van der Waals surface area contributed by atoms with E-state index in [0.29, 0.717) is 24.6 Å². The molecule has 112 valence electrons. The van der Waals surface area contributed by atoms with Crippen molar-refractivity contribution in [3.63, 3.8) is 0 Å². The minimum atomic E-state index is -0.801. The number of hydrogen-bond acceptors (Lipinski definition) is 4. The van der Waals surface area contributed by atoms with Crippen molar-refractivity contribution in [2.75, 3.05) is 19.0 Å². The minimum absolute atomic E-state index is 0.139. The molecule has 0 aliphatic heterocycles. The van der Waals surface area contributed by atoms with Crippen LogP contribution in [0.2, 0.25) is 0 Å². The number of pyridine rings is 1. The second-order valence-electron chi connectivity index (χ2n) is 4.87. The lowest BCUT2D eigenvalue weighted by atomic mass is 9.99. The van der Waals surface area contributed by atoms with Crippen LogP contribution in [0.1, 0.15) is 40.0 Å². The van der Waals surface area contributed by atoms with Gasteiger partial charge in [-0.05, 0) is 25.8 Å². The Kier molecular flexibility index (Phi) is 6.45. The summed E-state index contributed by atoms with van der Waals surface area (Å²) in [5.74, 6) is 0.376. The van der Waals surface area contributed by atoms with Crippen molar-refractivity contribution >= 4 is 11.6 Å². The Bertz CT molecular complexity index is 420. The number of carbonyl (C=O) groups excluding carboxylic acids is 1. The van der Waals surface area contributed by atoms with Gasteiger partial charge in [-0.3, -0.25) is 4.79 Å². The van der Waals surface area contributed by atoms with Crippen molar-refractivity contribution in [2.45, 2.75) is 45.6 Å². The Morgan fingerprint density at radius 3 is 2.60 bits per heavy atom. The Morgan fingerprint density at radius 1 is 1.35 bits per heavy atom. The molecule has 0 saturated heterocycles. The molecule has 5 heteroatoms. The lowest BCUT2D eigenvalue weighted by molar-refractivity contribution is -0.140. The zero-order valence-electron chi connectivity index (χ0n) is 12.7. The van der Waals surface area contributed by atoms with Crippen LogP contribution in [0.4, 0.5) is 5.69 Å². The maximum Gasteiger partial charge on any atom is 0.256 e. The molecule has 20 heavy (non-hydrogen) atoms. The maximum absolute atomic E-state index is 12.4. The third kappa shape index (κ3) is 4.49. The van der Waals surface area contributed by atoms with E-state index in [1.165, 1.54) is 0 Å². The Balaban J connectivity index is 2.73. The van der Waals surface area contributed by atoms with Gasteiger partial charge in [0, 0.05) is 12.7 Å². The van der Waals surface area contributed by atoms with Gasteiger partial charge in [0.05, 0.1) is 19.0 Å². The molecule has 1 aromatic heterocycles. The van der Waals surface area contributed by atoms with Gasteiger partial charge in [0.15, 0.2) is 0 Å². The first-order chi connectivity index (χ1) is 9.55. The third-order valence-electron chi connectivity index (χ3n) is 3.04. The summed E-state index contributed by atoms with van der Waals surface area (Å²) in [5, 5.41) is 2.85. The van der Waals surface area contributed by atoms with Crippen LogP contribution in [0.5, 0.6) is 5.88 Å². The monoisotopic (exact) mass is 280 g/mol. The Hall–Kier alpha value is -1.62. The van der Waals surface area contributed by atoms with Gasteiger partial charge in [-0.25, -0.2) is 4.98 Å². The largest absolute Gasteiger partial charge is 0.481 e. The average molecular weight is 280 g/mol. The first-order valence-electron chi connectivity index (χ1n) is 7.01. The Morgan fingerprint density at radius 2 is 2.10 bits per heavy atom. The smallest absolute Gasteiger partial charge is 0.256 e. The summed E-state index contributed by atoms with van der Waals surface area (Å²) in [5.41, 5.74) is -0.164. The van der Waals surface area contributed by atoms with E-state index in [1.54, 1.807) is 25.4 Å². The highest BCUT2D eigenvalue weighted by atomic mass is 16.5. The molecule has 0 bridgehead atoms. The number of aromatic nitrogens is 1. The van der Waals surface area contributed by atoms with Crippen LogP contribution < -0.4 is 10.1 Å². The van der Waals surface area contributed by atoms with Crippen molar-refractivity contribution < 1.29 is 14.3 Å². The molecule has 1 N–H and O–H groups in total. The fourth-order valence-corrected chi connectivity index (χ4v) is 1.89. The number of rotatable bonds is 8. The van der Waals surface area contributed by atoms with E-state index in [9.17, 15) is 4.79 Å². The van der Waals surface area contributed by atoms with E-state index in [-0.39, 0.29) is 5.91 Å². The van der Waals surface area contributed by atoms with Crippen molar-refractivity contribution in [2.24, 2.45) is 0 Å². The van der Waals surface area contributed by atoms with E-state index < -0.39 is 5.60 Å². The first-order valence-corrected chi connectivity index (χ1v) is 7.01. The molecule has 5 nitrogen and oxygen atoms in total. The van der Waals surface area contributed by atoms with Crippen LogP contribution >= 0.6 is 0 Å². The van der Waals surface area contributed by atoms with Crippen molar-refractivity contribution in [3.05, 3.63) is 18.3 Å². The summed E-state index contributed by atoms with van der Waals surface area (Å²) in [7, 11) is 1.55. The van der Waals surface area contributed by atoms with Gasteiger partial charge in [-0.15, -0.1) is 0 Å². The molecule has 0 aromatic carbocycles. The SMILES string of the molecule is CCCO[C@](C)(CCC)C(=O)Nc1ccc(OC)nc1. The second kappa shape index (κ2) is 7.85. The zero-order chi connectivity index (χ0) is 15.0. The fourth-order valence-electron chi connectivity index (χ4n) is 1.89. The average Bonchev–Trinajstić information content (AvgIpc) is 2.46. The number of carbonyl (C=O) groups is 1. The molecule has 0 aliphatic rings. The normalized spacial score (nSPS) is 13.6. The predicted octanol–water partition coefficient (Wildman–Crippen LogP) is 3.01. The van der Waals surface area contributed by atoms with Crippen molar-refractivity contribution in [1.82, 2.24) is 4.98 Å². The predicted molar refractivity (Wildman–Crippen MR) is 79.0 cm³/mol. The molecular formula is C15H24N2O3. The van der Waals surface area contributed by atoms with E-state index in [2.05, 4.69) is 10.3 Å². The van der Waals surface area contributed by atoms with E-state index in [4.69, 9.17) is 9.47 Å². The standard InChI is InChI=1S/C15H24N2O3/c1-5-9-15(3,20-10-6-2)14(18)17-12-7-8-13(19-4)16-11-12/h7-8,11H,5-6,9-10H2,1-4H3,(H,17,18)/t15-/m1/s1. The summed E-state index contributed by atoms with van der Waals surface area (Å²) in [6, 6.07) is 3.47. The lowest BCUT2D eigenvalue weighted by Crippen LogP contribution is -2.43. The molecule has 0 unspecified atom stereocenters. The summed E-state index contributed by atoms with van der Waals surface area (Å²) >= 11 is 0. The molecule has 1 heterocycles. The molecule has 1 aromatic rings. The van der Waals surface area contributed by atoms with Crippen molar-refractivity contribution in [1.29, 1.82) is 0 Å². The van der Waals surface area contributed by atoms with E-state index in [1.807, 2.05) is 20.8 Å². The molecule has 1 atom stereocenters. The lowest BCUT2D eigenvalue weighted by Gasteiger charge is -2.28. The highest BCUT2D eigenvalue weighted by Gasteiger charge is 2.33. The summed E-state index contributed by atoms with van der Waals surface area (Å²) in [6.07, 6.45) is 4.02. The molecule has 0 fully saturated rings. The van der Waals surface area contributed by atoms with Crippen LogP contribution in [0.15, 0.2) is 18.3 Å². The number of hydrogen-bond donors (Lipinski definition) is 1. The molecule has 1 amide bonds. The number of nitrogens with one attached hydrogen (secondary N) is 1. The van der Waals surface area contributed by atoms with Gasteiger partial charge in [0.25, 0.3) is 5.91 Å². The highest BCUT2D eigenvalue weighted by Crippen LogP contribution is 2.21. The highest BCUT2D eigenvalue weighted by molar-refractivity contribution is 5.96. The Labute approximate surface area is 120 Å². The number of ether oxygens (including phenoxy) is 2.